The van der Waals surface area contributed by atoms with Crippen LogP contribution in [0.1, 0.15) is 5.69 Å². The van der Waals surface area contributed by atoms with E-state index in [0.717, 1.165) is 11.3 Å². The predicted octanol–water partition coefficient (Wildman–Crippen LogP) is 0.154. The van der Waals surface area contributed by atoms with E-state index in [9.17, 15) is 0 Å². The molecule has 1 atom stereocenters. The highest BCUT2D eigenvalue weighted by atomic mass is 16.3. The first-order valence-corrected chi connectivity index (χ1v) is 4.12. The number of pyridine rings is 1. The van der Waals surface area contributed by atoms with Crippen LogP contribution in [0.2, 0.25) is 0 Å². The Hall–Kier alpha value is -1.39. The molecule has 0 saturated carbocycles. The van der Waals surface area contributed by atoms with Gasteiger partial charge in [0.05, 0.1) is 0 Å². The molecule has 1 unspecified atom stereocenters. The molecule has 2 heterocycles. The summed E-state index contributed by atoms with van der Waals surface area (Å²) in [6.07, 6.45) is 3.23. The number of fused-ring (bicyclic) bond motifs is 1. The standard InChI is InChI=1S/C9H11N3O/c10-8(13)5-7-6-11-9-3-1-2-4-12(7)9/h1-4,6,8,13H,5,10H2. The van der Waals surface area contributed by atoms with Crippen molar-refractivity contribution in [2.75, 3.05) is 0 Å². The highest BCUT2D eigenvalue weighted by molar-refractivity contribution is 5.39. The summed E-state index contributed by atoms with van der Waals surface area (Å²) in [4.78, 5) is 4.17. The zero-order valence-corrected chi connectivity index (χ0v) is 7.09. The number of nitrogens with zero attached hydrogens (tertiary/aromatic N) is 2. The summed E-state index contributed by atoms with van der Waals surface area (Å²) in [7, 11) is 0. The maximum Gasteiger partial charge on any atom is 0.136 e. The molecule has 0 amide bonds. The Morgan fingerprint density at radius 1 is 1.54 bits per heavy atom. The lowest BCUT2D eigenvalue weighted by Crippen LogP contribution is -2.22. The summed E-state index contributed by atoms with van der Waals surface area (Å²) in [6, 6.07) is 5.75. The van der Waals surface area contributed by atoms with Gasteiger partial charge >= 0.3 is 0 Å². The van der Waals surface area contributed by atoms with Gasteiger partial charge in [0.2, 0.25) is 0 Å². The fourth-order valence-corrected chi connectivity index (χ4v) is 1.35. The van der Waals surface area contributed by atoms with Gasteiger partial charge in [-0.15, -0.1) is 0 Å². The van der Waals surface area contributed by atoms with Gasteiger partial charge in [-0.25, -0.2) is 4.98 Å². The normalized spacial score (nSPS) is 13.4. The van der Waals surface area contributed by atoms with Crippen molar-refractivity contribution in [3.8, 4) is 0 Å². The van der Waals surface area contributed by atoms with E-state index in [4.69, 9.17) is 10.8 Å². The van der Waals surface area contributed by atoms with E-state index in [1.54, 1.807) is 6.20 Å². The third-order valence-electron chi connectivity index (χ3n) is 1.91. The van der Waals surface area contributed by atoms with Crippen molar-refractivity contribution in [2.45, 2.75) is 12.6 Å². The van der Waals surface area contributed by atoms with E-state index in [0.29, 0.717) is 6.42 Å². The van der Waals surface area contributed by atoms with Gasteiger partial charge in [-0.1, -0.05) is 6.07 Å². The van der Waals surface area contributed by atoms with Crippen molar-refractivity contribution in [2.24, 2.45) is 5.73 Å². The summed E-state index contributed by atoms with van der Waals surface area (Å²) in [5.41, 5.74) is 7.08. The zero-order valence-electron chi connectivity index (χ0n) is 7.09. The summed E-state index contributed by atoms with van der Waals surface area (Å²) in [5, 5.41) is 9.02. The van der Waals surface area contributed by atoms with Crippen molar-refractivity contribution in [3.05, 3.63) is 36.3 Å². The molecule has 3 N–H and O–H groups in total. The molecule has 2 rings (SSSR count). The number of nitrogens with two attached hydrogens (primary N) is 1. The molecule has 0 spiro atoms. The quantitative estimate of drug-likeness (QED) is 0.642. The van der Waals surface area contributed by atoms with E-state index in [1.807, 2.05) is 28.8 Å². The van der Waals surface area contributed by atoms with Crippen LogP contribution in [0.3, 0.4) is 0 Å². The molecule has 68 valence electrons. The van der Waals surface area contributed by atoms with Crippen LogP contribution in [0.5, 0.6) is 0 Å². The lowest BCUT2D eigenvalue weighted by molar-refractivity contribution is 0.181. The maximum absolute atomic E-state index is 9.02. The zero-order chi connectivity index (χ0) is 9.26. The average Bonchev–Trinajstić information content (AvgIpc) is 2.48. The first-order chi connectivity index (χ1) is 6.27. The molecule has 2 aromatic heterocycles. The minimum atomic E-state index is -0.819. The SMILES string of the molecule is NC(O)Cc1cnc2ccccn12. The van der Waals surface area contributed by atoms with Crippen LogP contribution < -0.4 is 5.73 Å². The maximum atomic E-state index is 9.02. The first-order valence-electron chi connectivity index (χ1n) is 4.12. The highest BCUT2D eigenvalue weighted by Gasteiger charge is 2.04. The van der Waals surface area contributed by atoms with Gasteiger partial charge in [-0.3, -0.25) is 0 Å². The smallest absolute Gasteiger partial charge is 0.136 e. The fourth-order valence-electron chi connectivity index (χ4n) is 1.35. The summed E-state index contributed by atoms with van der Waals surface area (Å²) in [6.45, 7) is 0. The van der Waals surface area contributed by atoms with Gasteiger partial charge in [-0.05, 0) is 12.1 Å². The second-order valence-corrected chi connectivity index (χ2v) is 2.95. The fraction of sp³-hybridized carbons (Fsp3) is 0.222. The molecule has 0 aromatic carbocycles. The van der Waals surface area contributed by atoms with E-state index in [1.165, 1.54) is 0 Å². The van der Waals surface area contributed by atoms with Crippen molar-refractivity contribution >= 4 is 5.65 Å². The minimum absolute atomic E-state index is 0.422. The Balaban J connectivity index is 2.46. The van der Waals surface area contributed by atoms with Crippen LogP contribution in [0, 0.1) is 0 Å². The number of aromatic nitrogens is 2. The monoisotopic (exact) mass is 177 g/mol. The third-order valence-corrected chi connectivity index (χ3v) is 1.91. The molecule has 13 heavy (non-hydrogen) atoms. The predicted molar refractivity (Wildman–Crippen MR) is 49.1 cm³/mol. The van der Waals surface area contributed by atoms with E-state index < -0.39 is 6.23 Å². The van der Waals surface area contributed by atoms with Crippen LogP contribution in [0.15, 0.2) is 30.6 Å². The van der Waals surface area contributed by atoms with Crippen molar-refractivity contribution in [1.82, 2.24) is 9.38 Å². The Kier molecular flexibility index (Phi) is 2.00. The Labute approximate surface area is 75.6 Å². The molecule has 2 aromatic rings. The van der Waals surface area contributed by atoms with Crippen LogP contribution in [-0.2, 0) is 6.42 Å². The third kappa shape index (κ3) is 1.54. The molecule has 0 aliphatic rings. The molecule has 4 heteroatoms. The number of aliphatic hydroxyl groups excluding tert-OH is 1. The molecule has 0 fully saturated rings. The van der Waals surface area contributed by atoms with Crippen LogP contribution >= 0.6 is 0 Å². The minimum Gasteiger partial charge on any atom is -0.378 e. The number of aliphatic hydroxyl groups is 1. The number of hydrogen-bond donors (Lipinski definition) is 2. The average molecular weight is 177 g/mol. The van der Waals surface area contributed by atoms with Crippen LogP contribution in [-0.4, -0.2) is 20.7 Å². The summed E-state index contributed by atoms with van der Waals surface area (Å²) < 4.78 is 1.91. The van der Waals surface area contributed by atoms with Gasteiger partial charge in [0.25, 0.3) is 0 Å². The van der Waals surface area contributed by atoms with Crippen molar-refractivity contribution in [3.63, 3.8) is 0 Å². The van der Waals surface area contributed by atoms with Crippen LogP contribution in [0.4, 0.5) is 0 Å². The Morgan fingerprint density at radius 2 is 2.38 bits per heavy atom. The van der Waals surface area contributed by atoms with E-state index in [-0.39, 0.29) is 0 Å². The van der Waals surface area contributed by atoms with Gasteiger partial charge in [0, 0.05) is 24.5 Å². The molecule has 0 aliphatic heterocycles. The molecule has 0 bridgehead atoms. The largest absolute Gasteiger partial charge is 0.378 e. The van der Waals surface area contributed by atoms with Gasteiger partial charge in [0.1, 0.15) is 11.9 Å². The van der Waals surface area contributed by atoms with E-state index in [2.05, 4.69) is 4.98 Å². The number of imidazole rings is 1. The number of rotatable bonds is 2. The Bertz CT molecular complexity index is 408. The molecular weight excluding hydrogens is 166 g/mol. The lowest BCUT2D eigenvalue weighted by Gasteiger charge is -2.03. The molecule has 4 nitrogen and oxygen atoms in total. The summed E-state index contributed by atoms with van der Waals surface area (Å²) in [5.74, 6) is 0. The Morgan fingerprint density at radius 3 is 3.15 bits per heavy atom. The van der Waals surface area contributed by atoms with Gasteiger partial charge in [-0.2, -0.15) is 0 Å². The van der Waals surface area contributed by atoms with Crippen LogP contribution in [0.25, 0.3) is 5.65 Å². The van der Waals surface area contributed by atoms with Crippen molar-refractivity contribution in [1.29, 1.82) is 0 Å². The molecular formula is C9H11N3O. The van der Waals surface area contributed by atoms with E-state index >= 15 is 0 Å². The summed E-state index contributed by atoms with van der Waals surface area (Å²) >= 11 is 0. The second kappa shape index (κ2) is 3.16. The highest BCUT2D eigenvalue weighted by Crippen LogP contribution is 2.06. The number of hydrogen-bond acceptors (Lipinski definition) is 3. The van der Waals surface area contributed by atoms with Gasteiger partial charge < -0.3 is 15.2 Å². The van der Waals surface area contributed by atoms with Gasteiger partial charge in [0.15, 0.2) is 0 Å². The second-order valence-electron chi connectivity index (χ2n) is 2.95. The molecule has 0 aliphatic carbocycles. The lowest BCUT2D eigenvalue weighted by atomic mass is 10.3. The molecule has 0 saturated heterocycles. The van der Waals surface area contributed by atoms with Crippen molar-refractivity contribution < 1.29 is 5.11 Å². The molecule has 0 radical (unpaired) electrons. The first kappa shape index (κ1) is 8.22. The topological polar surface area (TPSA) is 63.5 Å².